The van der Waals surface area contributed by atoms with Gasteiger partial charge in [-0.1, -0.05) is 39.3 Å². The Morgan fingerprint density at radius 1 is 1.19 bits per heavy atom. The Hall–Kier alpha value is -1.76. The summed E-state index contributed by atoms with van der Waals surface area (Å²) in [5.41, 5.74) is 1.94. The van der Waals surface area contributed by atoms with Crippen molar-refractivity contribution < 1.29 is 9.59 Å². The zero-order chi connectivity index (χ0) is 19.5. The van der Waals surface area contributed by atoms with E-state index in [2.05, 4.69) is 27.9 Å². The molecule has 1 aromatic rings. The molecule has 0 aliphatic heterocycles. The lowest BCUT2D eigenvalue weighted by Gasteiger charge is -2.13. The van der Waals surface area contributed by atoms with Gasteiger partial charge in [-0.15, -0.1) is 5.10 Å². The number of hydrogen-bond donors (Lipinski definition) is 2. The molecule has 0 saturated heterocycles. The van der Waals surface area contributed by atoms with Crippen molar-refractivity contribution in [2.24, 2.45) is 11.8 Å². The largest absolute Gasteiger partial charge is 0.350 e. The first kappa shape index (κ1) is 22.3. The molecule has 0 radical (unpaired) electrons. The van der Waals surface area contributed by atoms with Gasteiger partial charge < -0.3 is 10.6 Å². The molecule has 1 aromatic heterocycles. The summed E-state index contributed by atoms with van der Waals surface area (Å²) >= 11 is 0. The number of rotatable bonds is 13. The van der Waals surface area contributed by atoms with Gasteiger partial charge in [0.15, 0.2) is 0 Å². The summed E-state index contributed by atoms with van der Waals surface area (Å²) in [5.74, 6) is -0.352. The Balaban J connectivity index is 2.66. The van der Waals surface area contributed by atoms with Crippen molar-refractivity contribution in [3.63, 3.8) is 0 Å². The van der Waals surface area contributed by atoms with Gasteiger partial charge in [0.2, 0.25) is 5.91 Å². The highest BCUT2D eigenvalue weighted by Crippen LogP contribution is 2.12. The summed E-state index contributed by atoms with van der Waals surface area (Å²) in [5, 5.41) is 14.6. The molecule has 0 aliphatic carbocycles. The van der Waals surface area contributed by atoms with Crippen LogP contribution in [0.1, 0.15) is 64.8 Å². The van der Waals surface area contributed by atoms with E-state index in [1.807, 2.05) is 25.6 Å². The van der Waals surface area contributed by atoms with Crippen molar-refractivity contribution >= 4 is 11.7 Å². The molecule has 1 atom stereocenters. The Morgan fingerprint density at radius 2 is 1.92 bits per heavy atom. The topological polar surface area (TPSA) is 88.9 Å². The van der Waals surface area contributed by atoms with Gasteiger partial charge in [0.05, 0.1) is 12.2 Å². The summed E-state index contributed by atoms with van der Waals surface area (Å²) in [4.78, 5) is 24.1. The minimum atomic E-state index is -0.324. The molecular formula is C19H35N5O2. The summed E-state index contributed by atoms with van der Waals surface area (Å²) in [6.45, 7) is 9.79. The smallest absolute Gasteiger partial charge is 0.223 e. The number of Topliss-reactive ketones (excluding diaryl/α,β-unsaturated/α-hetero) is 1. The third kappa shape index (κ3) is 7.23. The first-order valence-corrected chi connectivity index (χ1v) is 9.76. The van der Waals surface area contributed by atoms with Gasteiger partial charge in [-0.2, -0.15) is 0 Å². The van der Waals surface area contributed by atoms with Crippen molar-refractivity contribution in [1.82, 2.24) is 25.6 Å². The Kier molecular flexibility index (Phi) is 10.1. The van der Waals surface area contributed by atoms with Gasteiger partial charge in [-0.3, -0.25) is 9.59 Å². The number of unbranched alkanes of at least 4 members (excludes halogenated alkanes) is 1. The summed E-state index contributed by atoms with van der Waals surface area (Å²) in [6, 6.07) is 0. The summed E-state index contributed by atoms with van der Waals surface area (Å²) in [7, 11) is 1.94. The second-order valence-electron chi connectivity index (χ2n) is 7.21. The van der Waals surface area contributed by atoms with E-state index in [9.17, 15) is 9.59 Å². The molecule has 7 nitrogen and oxygen atoms in total. The summed E-state index contributed by atoms with van der Waals surface area (Å²) < 4.78 is 1.96. The van der Waals surface area contributed by atoms with E-state index in [0.29, 0.717) is 6.54 Å². The molecule has 1 amide bonds. The molecule has 0 saturated carbocycles. The lowest BCUT2D eigenvalue weighted by Crippen LogP contribution is -2.31. The van der Waals surface area contributed by atoms with Crippen molar-refractivity contribution in [3.8, 4) is 0 Å². The first-order valence-electron chi connectivity index (χ1n) is 9.76. The van der Waals surface area contributed by atoms with Crippen LogP contribution in [0.25, 0.3) is 0 Å². The highest BCUT2D eigenvalue weighted by atomic mass is 16.2. The van der Waals surface area contributed by atoms with E-state index >= 15 is 0 Å². The zero-order valence-electron chi connectivity index (χ0n) is 17.0. The van der Waals surface area contributed by atoms with E-state index in [4.69, 9.17) is 0 Å². The third-order valence-corrected chi connectivity index (χ3v) is 4.51. The molecule has 0 bridgehead atoms. The molecule has 26 heavy (non-hydrogen) atoms. The van der Waals surface area contributed by atoms with Crippen molar-refractivity contribution in [2.75, 3.05) is 13.6 Å². The van der Waals surface area contributed by atoms with E-state index < -0.39 is 0 Å². The fourth-order valence-corrected chi connectivity index (χ4v) is 2.68. The number of amides is 1. The van der Waals surface area contributed by atoms with E-state index in [1.165, 1.54) is 0 Å². The number of carbonyl (C=O) groups excluding carboxylic acids is 2. The molecule has 1 unspecified atom stereocenters. The lowest BCUT2D eigenvalue weighted by molar-refractivity contribution is -0.130. The Morgan fingerprint density at radius 3 is 2.54 bits per heavy atom. The Labute approximate surface area is 157 Å². The van der Waals surface area contributed by atoms with Crippen LogP contribution < -0.4 is 10.6 Å². The van der Waals surface area contributed by atoms with Crippen LogP contribution in [-0.2, 0) is 29.1 Å². The van der Waals surface area contributed by atoms with Gasteiger partial charge in [-0.25, -0.2) is 4.68 Å². The average molecular weight is 366 g/mol. The normalized spacial score (nSPS) is 12.4. The van der Waals surface area contributed by atoms with Gasteiger partial charge in [-0.05, 0) is 32.9 Å². The van der Waals surface area contributed by atoms with E-state index in [0.717, 1.165) is 50.2 Å². The third-order valence-electron chi connectivity index (χ3n) is 4.51. The van der Waals surface area contributed by atoms with Crippen LogP contribution in [0.4, 0.5) is 0 Å². The van der Waals surface area contributed by atoms with Crippen molar-refractivity contribution in [2.45, 2.75) is 72.9 Å². The molecule has 0 aliphatic rings. The van der Waals surface area contributed by atoms with Crippen LogP contribution in [0, 0.1) is 11.8 Å². The van der Waals surface area contributed by atoms with Gasteiger partial charge in [0.1, 0.15) is 11.5 Å². The van der Waals surface area contributed by atoms with Gasteiger partial charge >= 0.3 is 0 Å². The SMILES string of the molecule is CCCCc1c(CNC(=O)C(C)CC(=O)C(C)C)nnn1CCCNC. The standard InChI is InChI=1S/C19H35N5O2/c1-6-7-9-17-16(22-23-24(17)11-8-10-20-5)13-21-19(26)15(4)12-18(25)14(2)3/h14-15,20H,6-13H2,1-5H3,(H,21,26). The maximum absolute atomic E-state index is 12.3. The average Bonchev–Trinajstić information content (AvgIpc) is 2.99. The number of ketones is 1. The molecule has 0 aromatic carbocycles. The first-order chi connectivity index (χ1) is 12.4. The Bertz CT molecular complexity index is 568. The predicted molar refractivity (Wildman–Crippen MR) is 103 cm³/mol. The van der Waals surface area contributed by atoms with Crippen LogP contribution >= 0.6 is 0 Å². The molecule has 0 spiro atoms. The molecule has 1 rings (SSSR count). The highest BCUT2D eigenvalue weighted by Gasteiger charge is 2.20. The second kappa shape index (κ2) is 11.8. The van der Waals surface area contributed by atoms with E-state index in [1.54, 1.807) is 6.92 Å². The number of aromatic nitrogens is 3. The zero-order valence-corrected chi connectivity index (χ0v) is 17.0. The molecule has 1 heterocycles. The van der Waals surface area contributed by atoms with Gasteiger partial charge in [0, 0.05) is 24.8 Å². The molecule has 148 valence electrons. The minimum absolute atomic E-state index is 0.0385. The van der Waals surface area contributed by atoms with E-state index in [-0.39, 0.29) is 29.9 Å². The summed E-state index contributed by atoms with van der Waals surface area (Å²) in [6.07, 6.45) is 4.35. The maximum atomic E-state index is 12.3. The molecule has 0 fully saturated rings. The number of aryl methyl sites for hydroxylation is 1. The number of carbonyl (C=O) groups is 2. The minimum Gasteiger partial charge on any atom is -0.350 e. The maximum Gasteiger partial charge on any atom is 0.223 e. The van der Waals surface area contributed by atoms with Crippen LogP contribution in [0.5, 0.6) is 0 Å². The number of nitrogens with one attached hydrogen (secondary N) is 2. The molecule has 2 N–H and O–H groups in total. The quantitative estimate of drug-likeness (QED) is 0.523. The lowest BCUT2D eigenvalue weighted by atomic mass is 9.97. The van der Waals surface area contributed by atoms with Crippen molar-refractivity contribution in [3.05, 3.63) is 11.4 Å². The van der Waals surface area contributed by atoms with Gasteiger partial charge in [0.25, 0.3) is 0 Å². The van der Waals surface area contributed by atoms with Crippen LogP contribution in [0.3, 0.4) is 0 Å². The monoisotopic (exact) mass is 365 g/mol. The number of nitrogens with zero attached hydrogens (tertiary/aromatic N) is 3. The molecular weight excluding hydrogens is 330 g/mol. The van der Waals surface area contributed by atoms with Crippen LogP contribution in [0.15, 0.2) is 0 Å². The second-order valence-corrected chi connectivity index (χ2v) is 7.21. The fourth-order valence-electron chi connectivity index (χ4n) is 2.68. The predicted octanol–water partition coefficient (Wildman–Crippen LogP) is 2.10. The van der Waals surface area contributed by atoms with Crippen LogP contribution in [0.2, 0.25) is 0 Å². The number of hydrogen-bond acceptors (Lipinski definition) is 5. The van der Waals surface area contributed by atoms with Crippen LogP contribution in [-0.4, -0.2) is 40.3 Å². The highest BCUT2D eigenvalue weighted by molar-refractivity contribution is 5.87. The fraction of sp³-hybridized carbons (Fsp3) is 0.789. The van der Waals surface area contributed by atoms with Crippen molar-refractivity contribution in [1.29, 1.82) is 0 Å². The molecule has 7 heteroatoms.